The minimum Gasteiger partial charge on any atom is -0.324 e. The molecule has 2 aromatic rings. The quantitative estimate of drug-likeness (QED) is 0.845. The first-order valence-corrected chi connectivity index (χ1v) is 6.78. The second kappa shape index (κ2) is 4.42. The van der Waals surface area contributed by atoms with Crippen LogP contribution in [0.15, 0.2) is 30.5 Å². The summed E-state index contributed by atoms with van der Waals surface area (Å²) in [5.41, 5.74) is 8.94. The summed E-state index contributed by atoms with van der Waals surface area (Å²) in [5.74, 6) is -1.14. The highest BCUT2D eigenvalue weighted by atomic mass is 19.1. The van der Waals surface area contributed by atoms with E-state index < -0.39 is 11.6 Å². The van der Waals surface area contributed by atoms with Crippen LogP contribution in [0.5, 0.6) is 0 Å². The number of benzene rings is 1. The number of nitrogens with two attached hydrogens (primary N) is 1. The third-order valence-corrected chi connectivity index (χ3v) is 3.97. The molecule has 1 heterocycles. The summed E-state index contributed by atoms with van der Waals surface area (Å²) in [6, 6.07) is 5.51. The summed E-state index contributed by atoms with van der Waals surface area (Å²) >= 11 is 0. The molecule has 1 unspecified atom stereocenters. The molecule has 1 atom stereocenters. The van der Waals surface area contributed by atoms with Gasteiger partial charge in [0.05, 0.1) is 5.69 Å². The molecule has 0 saturated heterocycles. The minimum absolute atomic E-state index is 0.0200. The Morgan fingerprint density at radius 3 is 2.50 bits per heavy atom. The lowest BCUT2D eigenvalue weighted by Gasteiger charge is -2.34. The van der Waals surface area contributed by atoms with Crippen molar-refractivity contribution in [2.24, 2.45) is 11.1 Å². The van der Waals surface area contributed by atoms with Crippen molar-refractivity contribution in [2.45, 2.75) is 32.7 Å². The molecule has 2 N–H and O–H groups in total. The highest BCUT2D eigenvalue weighted by Gasteiger charge is 2.32. The fraction of sp³-hybridized carbons (Fsp3) is 0.375. The van der Waals surface area contributed by atoms with Crippen LogP contribution < -0.4 is 5.73 Å². The Balaban J connectivity index is 2.13. The predicted molar refractivity (Wildman–Crippen MR) is 74.7 cm³/mol. The lowest BCUT2D eigenvalue weighted by molar-refractivity contribution is 0.278. The molecule has 3 rings (SSSR count). The number of hydrogen-bond donors (Lipinski definition) is 1. The largest absolute Gasteiger partial charge is 0.324 e. The molecule has 106 valence electrons. The Bertz CT molecular complexity index is 638. The maximum Gasteiger partial charge on any atom is 0.128 e. The Kier molecular flexibility index (Phi) is 2.94. The molecule has 0 bridgehead atoms. The van der Waals surface area contributed by atoms with Crippen LogP contribution in [0, 0.1) is 17.0 Å². The van der Waals surface area contributed by atoms with Gasteiger partial charge in [-0.25, -0.2) is 8.78 Å². The van der Waals surface area contributed by atoms with Gasteiger partial charge in [0.1, 0.15) is 11.6 Å². The third-order valence-electron chi connectivity index (χ3n) is 3.97. The van der Waals surface area contributed by atoms with E-state index in [2.05, 4.69) is 13.8 Å². The van der Waals surface area contributed by atoms with Crippen molar-refractivity contribution in [3.63, 3.8) is 0 Å². The zero-order valence-corrected chi connectivity index (χ0v) is 11.7. The average molecular weight is 276 g/mol. The van der Waals surface area contributed by atoms with Gasteiger partial charge in [0, 0.05) is 24.0 Å². The smallest absolute Gasteiger partial charge is 0.128 e. The fourth-order valence-electron chi connectivity index (χ4n) is 3.16. The fourth-order valence-corrected chi connectivity index (χ4v) is 3.16. The zero-order valence-electron chi connectivity index (χ0n) is 11.7. The normalized spacial score (nSPS) is 20.8. The van der Waals surface area contributed by atoms with Crippen molar-refractivity contribution in [3.05, 3.63) is 53.4 Å². The van der Waals surface area contributed by atoms with Gasteiger partial charge in [0.15, 0.2) is 0 Å². The van der Waals surface area contributed by atoms with Crippen LogP contribution in [-0.2, 0) is 6.42 Å². The topological polar surface area (TPSA) is 30.9 Å². The average Bonchev–Trinajstić information content (AvgIpc) is 2.69. The first kappa shape index (κ1) is 13.3. The lowest BCUT2D eigenvalue weighted by atomic mass is 9.74. The number of halogens is 2. The van der Waals surface area contributed by atoms with E-state index in [9.17, 15) is 8.78 Å². The minimum atomic E-state index is -0.568. The van der Waals surface area contributed by atoms with Gasteiger partial charge in [-0.3, -0.25) is 0 Å². The zero-order chi connectivity index (χ0) is 14.5. The summed E-state index contributed by atoms with van der Waals surface area (Å²) in [7, 11) is 0. The van der Waals surface area contributed by atoms with Crippen LogP contribution in [0.3, 0.4) is 0 Å². The standard InChI is InChI=1S/C16H18F2N2/c1-16(2)8-14(19)13-3-4-20(15(13)9-16)12-6-10(17)5-11(18)7-12/h3-7,14H,8-9,19H2,1-2H3. The van der Waals surface area contributed by atoms with Gasteiger partial charge in [-0.05, 0) is 42.0 Å². The summed E-state index contributed by atoms with van der Waals surface area (Å²) < 4.78 is 28.7. The maximum atomic E-state index is 13.4. The van der Waals surface area contributed by atoms with E-state index in [4.69, 9.17) is 5.73 Å². The van der Waals surface area contributed by atoms with Gasteiger partial charge < -0.3 is 10.3 Å². The number of aromatic nitrogens is 1. The number of fused-ring (bicyclic) bond motifs is 1. The first-order valence-electron chi connectivity index (χ1n) is 6.78. The lowest BCUT2D eigenvalue weighted by Crippen LogP contribution is -2.30. The molecule has 0 saturated carbocycles. The highest BCUT2D eigenvalue weighted by Crippen LogP contribution is 2.40. The van der Waals surface area contributed by atoms with Crippen LogP contribution >= 0.6 is 0 Å². The molecule has 0 fully saturated rings. The maximum absolute atomic E-state index is 13.4. The van der Waals surface area contributed by atoms with E-state index in [1.54, 1.807) is 0 Å². The van der Waals surface area contributed by atoms with Crippen molar-refractivity contribution in [2.75, 3.05) is 0 Å². The van der Waals surface area contributed by atoms with Gasteiger partial charge in [0.25, 0.3) is 0 Å². The molecule has 1 aliphatic rings. The monoisotopic (exact) mass is 276 g/mol. The Hall–Kier alpha value is -1.68. The van der Waals surface area contributed by atoms with Crippen molar-refractivity contribution < 1.29 is 8.78 Å². The van der Waals surface area contributed by atoms with Crippen LogP contribution in [0.2, 0.25) is 0 Å². The van der Waals surface area contributed by atoms with Crippen molar-refractivity contribution in [1.29, 1.82) is 0 Å². The van der Waals surface area contributed by atoms with Crippen LogP contribution in [-0.4, -0.2) is 4.57 Å². The summed E-state index contributed by atoms with van der Waals surface area (Å²) in [4.78, 5) is 0. The molecule has 1 aliphatic carbocycles. The Morgan fingerprint density at radius 1 is 1.20 bits per heavy atom. The molecule has 1 aromatic heterocycles. The van der Waals surface area contributed by atoms with Crippen LogP contribution in [0.25, 0.3) is 5.69 Å². The van der Waals surface area contributed by atoms with Gasteiger partial charge >= 0.3 is 0 Å². The Labute approximate surface area is 117 Å². The summed E-state index contributed by atoms with van der Waals surface area (Å²) in [6.07, 6.45) is 3.61. The van der Waals surface area contributed by atoms with E-state index in [1.807, 2.05) is 16.8 Å². The van der Waals surface area contributed by atoms with Crippen molar-refractivity contribution in [3.8, 4) is 5.69 Å². The molecule has 2 nitrogen and oxygen atoms in total. The Morgan fingerprint density at radius 2 is 1.85 bits per heavy atom. The van der Waals surface area contributed by atoms with E-state index in [0.717, 1.165) is 30.2 Å². The van der Waals surface area contributed by atoms with E-state index >= 15 is 0 Å². The molecule has 0 radical (unpaired) electrons. The van der Waals surface area contributed by atoms with Crippen molar-refractivity contribution >= 4 is 0 Å². The second-order valence-electron chi connectivity index (χ2n) is 6.37. The van der Waals surface area contributed by atoms with Gasteiger partial charge in [-0.2, -0.15) is 0 Å². The molecular formula is C16H18F2N2. The van der Waals surface area contributed by atoms with E-state index in [0.29, 0.717) is 5.69 Å². The molecular weight excluding hydrogens is 258 g/mol. The van der Waals surface area contributed by atoms with E-state index in [-0.39, 0.29) is 11.5 Å². The SMILES string of the molecule is CC1(C)Cc2c(ccn2-c2cc(F)cc(F)c2)C(N)C1. The molecule has 0 amide bonds. The number of nitrogens with zero attached hydrogens (tertiary/aromatic N) is 1. The first-order chi connectivity index (χ1) is 9.35. The predicted octanol–water partition coefficient (Wildman–Crippen LogP) is 3.73. The van der Waals surface area contributed by atoms with Crippen LogP contribution in [0.1, 0.15) is 37.6 Å². The van der Waals surface area contributed by atoms with Gasteiger partial charge in [0.2, 0.25) is 0 Å². The molecule has 0 aliphatic heterocycles. The van der Waals surface area contributed by atoms with Gasteiger partial charge in [-0.1, -0.05) is 13.8 Å². The molecule has 20 heavy (non-hydrogen) atoms. The second-order valence-corrected chi connectivity index (χ2v) is 6.37. The van der Waals surface area contributed by atoms with Crippen molar-refractivity contribution in [1.82, 2.24) is 4.57 Å². The molecule has 1 aromatic carbocycles. The summed E-state index contributed by atoms with van der Waals surface area (Å²) in [6.45, 7) is 4.33. The number of hydrogen-bond acceptors (Lipinski definition) is 1. The number of rotatable bonds is 1. The van der Waals surface area contributed by atoms with E-state index in [1.165, 1.54) is 12.1 Å². The highest BCUT2D eigenvalue weighted by molar-refractivity contribution is 5.41. The van der Waals surface area contributed by atoms with Crippen LogP contribution in [0.4, 0.5) is 8.78 Å². The molecule has 4 heteroatoms. The van der Waals surface area contributed by atoms with Gasteiger partial charge in [-0.15, -0.1) is 0 Å². The third kappa shape index (κ3) is 2.24. The molecule has 0 spiro atoms. The summed E-state index contributed by atoms with van der Waals surface area (Å²) in [5, 5.41) is 0.